The number of nitrogens with one attached hydrogen (secondary N) is 1. The van der Waals surface area contributed by atoms with Crippen LogP contribution in [0, 0.1) is 0 Å². The standard InChI is InChI=1S/C11H20N2O4/c1-2-17-10(15)8(12)9(14)13-7-11(16)5-3-4-6-11/h8,16H,2-7,12H2,1H3,(H,13,14). The van der Waals surface area contributed by atoms with Crippen LogP contribution in [-0.4, -0.2) is 41.8 Å². The second-order valence-electron chi connectivity index (χ2n) is 4.38. The molecule has 0 aromatic rings. The molecular formula is C11H20N2O4. The number of carbonyl (C=O) groups is 2. The van der Waals surface area contributed by atoms with E-state index < -0.39 is 23.5 Å². The minimum atomic E-state index is -1.32. The van der Waals surface area contributed by atoms with Gasteiger partial charge in [0.05, 0.1) is 12.2 Å². The van der Waals surface area contributed by atoms with E-state index in [4.69, 9.17) is 5.73 Å². The normalized spacial score (nSPS) is 19.7. The predicted octanol–water partition coefficient (Wildman–Crippen LogP) is -0.702. The van der Waals surface area contributed by atoms with Gasteiger partial charge in [-0.05, 0) is 19.8 Å². The largest absolute Gasteiger partial charge is 0.464 e. The van der Waals surface area contributed by atoms with Gasteiger partial charge >= 0.3 is 5.97 Å². The summed E-state index contributed by atoms with van der Waals surface area (Å²) < 4.78 is 4.63. The van der Waals surface area contributed by atoms with E-state index in [0.717, 1.165) is 12.8 Å². The highest BCUT2D eigenvalue weighted by Gasteiger charge is 2.32. The molecule has 0 spiro atoms. The second kappa shape index (κ2) is 5.97. The fourth-order valence-electron chi connectivity index (χ4n) is 1.91. The van der Waals surface area contributed by atoms with E-state index in [-0.39, 0.29) is 13.2 Å². The van der Waals surface area contributed by atoms with Crippen molar-refractivity contribution in [3.63, 3.8) is 0 Å². The highest BCUT2D eigenvalue weighted by atomic mass is 16.5. The zero-order valence-electron chi connectivity index (χ0n) is 10.1. The molecule has 1 aliphatic rings. The van der Waals surface area contributed by atoms with Crippen LogP contribution in [0.3, 0.4) is 0 Å². The molecule has 1 fully saturated rings. The lowest BCUT2D eigenvalue weighted by Crippen LogP contribution is -2.50. The summed E-state index contributed by atoms with van der Waals surface area (Å²) in [6, 6.07) is -1.32. The van der Waals surface area contributed by atoms with E-state index in [9.17, 15) is 14.7 Å². The molecule has 17 heavy (non-hydrogen) atoms. The SMILES string of the molecule is CCOC(=O)C(N)C(=O)NCC1(O)CCCC1. The van der Waals surface area contributed by atoms with Crippen LogP contribution in [-0.2, 0) is 14.3 Å². The maximum Gasteiger partial charge on any atom is 0.332 e. The van der Waals surface area contributed by atoms with Crippen molar-refractivity contribution in [1.82, 2.24) is 5.32 Å². The van der Waals surface area contributed by atoms with Crippen LogP contribution < -0.4 is 11.1 Å². The lowest BCUT2D eigenvalue weighted by atomic mass is 10.0. The fourth-order valence-corrected chi connectivity index (χ4v) is 1.91. The van der Waals surface area contributed by atoms with Crippen molar-refractivity contribution >= 4 is 11.9 Å². The molecule has 1 amide bonds. The number of nitrogens with two attached hydrogens (primary N) is 1. The first kappa shape index (κ1) is 13.9. The van der Waals surface area contributed by atoms with Gasteiger partial charge in [-0.25, -0.2) is 4.79 Å². The third-order valence-corrected chi connectivity index (χ3v) is 2.95. The highest BCUT2D eigenvalue weighted by molar-refractivity contribution is 6.01. The van der Waals surface area contributed by atoms with Crippen LogP contribution in [0.25, 0.3) is 0 Å². The Morgan fingerprint density at radius 1 is 1.47 bits per heavy atom. The smallest absolute Gasteiger partial charge is 0.332 e. The zero-order chi connectivity index (χ0) is 12.9. The number of ether oxygens (including phenoxy) is 1. The third kappa shape index (κ3) is 3.98. The average molecular weight is 244 g/mol. The van der Waals surface area contributed by atoms with Crippen molar-refractivity contribution < 1.29 is 19.4 Å². The highest BCUT2D eigenvalue weighted by Crippen LogP contribution is 2.28. The number of hydrogen-bond donors (Lipinski definition) is 3. The van der Waals surface area contributed by atoms with Crippen LogP contribution in [0.5, 0.6) is 0 Å². The molecule has 0 heterocycles. The molecule has 0 aromatic heterocycles. The van der Waals surface area contributed by atoms with E-state index in [1.165, 1.54) is 0 Å². The average Bonchev–Trinajstić information content (AvgIpc) is 2.73. The molecule has 1 saturated carbocycles. The summed E-state index contributed by atoms with van der Waals surface area (Å²) in [5, 5.41) is 12.5. The van der Waals surface area contributed by atoms with Crippen molar-refractivity contribution in [2.75, 3.05) is 13.2 Å². The van der Waals surface area contributed by atoms with Gasteiger partial charge in [0, 0.05) is 6.54 Å². The van der Waals surface area contributed by atoms with Crippen LogP contribution in [0.1, 0.15) is 32.6 Å². The fraction of sp³-hybridized carbons (Fsp3) is 0.818. The van der Waals surface area contributed by atoms with Crippen LogP contribution in [0.2, 0.25) is 0 Å². The Labute approximate surface area is 101 Å². The molecule has 1 rings (SSSR count). The summed E-state index contributed by atoms with van der Waals surface area (Å²) in [4.78, 5) is 22.7. The molecule has 1 unspecified atom stereocenters. The van der Waals surface area contributed by atoms with Crippen molar-refractivity contribution in [1.29, 1.82) is 0 Å². The summed E-state index contributed by atoms with van der Waals surface area (Å²) in [7, 11) is 0. The summed E-state index contributed by atoms with van der Waals surface area (Å²) in [5.41, 5.74) is 4.56. The first-order valence-electron chi connectivity index (χ1n) is 5.91. The Morgan fingerprint density at radius 3 is 2.59 bits per heavy atom. The molecule has 0 aliphatic heterocycles. The van der Waals surface area contributed by atoms with Gasteiger partial charge in [-0.15, -0.1) is 0 Å². The van der Waals surface area contributed by atoms with Gasteiger partial charge in [0.2, 0.25) is 5.91 Å². The van der Waals surface area contributed by atoms with Crippen molar-refractivity contribution in [3.8, 4) is 0 Å². The lowest BCUT2D eigenvalue weighted by molar-refractivity contribution is -0.148. The number of aliphatic hydroxyl groups is 1. The van der Waals surface area contributed by atoms with E-state index in [1.54, 1.807) is 6.92 Å². The Bertz CT molecular complexity index is 287. The first-order chi connectivity index (χ1) is 7.98. The van der Waals surface area contributed by atoms with Gasteiger partial charge in [0.25, 0.3) is 0 Å². The number of hydrogen-bond acceptors (Lipinski definition) is 5. The van der Waals surface area contributed by atoms with Gasteiger partial charge < -0.3 is 20.9 Å². The zero-order valence-corrected chi connectivity index (χ0v) is 10.1. The summed E-state index contributed by atoms with van der Waals surface area (Å²) in [6.45, 7) is 1.96. The maximum absolute atomic E-state index is 11.5. The molecule has 0 radical (unpaired) electrons. The topological polar surface area (TPSA) is 102 Å². The van der Waals surface area contributed by atoms with E-state index in [2.05, 4.69) is 10.1 Å². The molecule has 6 nitrogen and oxygen atoms in total. The van der Waals surface area contributed by atoms with Crippen molar-refractivity contribution in [3.05, 3.63) is 0 Å². The molecule has 98 valence electrons. The Balaban J connectivity index is 2.36. The van der Waals surface area contributed by atoms with Crippen LogP contribution in [0.4, 0.5) is 0 Å². The quantitative estimate of drug-likeness (QED) is 0.438. The van der Waals surface area contributed by atoms with Gasteiger partial charge in [-0.3, -0.25) is 4.79 Å². The maximum atomic E-state index is 11.5. The molecule has 0 aromatic carbocycles. The monoisotopic (exact) mass is 244 g/mol. The van der Waals surface area contributed by atoms with Crippen LogP contribution >= 0.6 is 0 Å². The minimum absolute atomic E-state index is 0.138. The number of carbonyl (C=O) groups excluding carboxylic acids is 2. The molecule has 0 bridgehead atoms. The van der Waals surface area contributed by atoms with E-state index in [0.29, 0.717) is 12.8 Å². The number of amides is 1. The van der Waals surface area contributed by atoms with Gasteiger partial charge in [-0.2, -0.15) is 0 Å². The molecule has 1 aliphatic carbocycles. The lowest BCUT2D eigenvalue weighted by Gasteiger charge is -2.23. The number of rotatable bonds is 5. The summed E-state index contributed by atoms with van der Waals surface area (Å²) in [6.07, 6.45) is 3.25. The van der Waals surface area contributed by atoms with E-state index >= 15 is 0 Å². The van der Waals surface area contributed by atoms with Gasteiger partial charge in [0.1, 0.15) is 0 Å². The molecule has 6 heteroatoms. The molecule has 4 N–H and O–H groups in total. The molecule has 0 saturated heterocycles. The van der Waals surface area contributed by atoms with E-state index in [1.807, 2.05) is 0 Å². The number of esters is 1. The predicted molar refractivity (Wildman–Crippen MR) is 61.0 cm³/mol. The molecular weight excluding hydrogens is 224 g/mol. The molecule has 1 atom stereocenters. The Morgan fingerprint density at radius 2 is 2.06 bits per heavy atom. The third-order valence-electron chi connectivity index (χ3n) is 2.95. The Kier molecular flexibility index (Phi) is 4.89. The minimum Gasteiger partial charge on any atom is -0.464 e. The van der Waals surface area contributed by atoms with Crippen molar-refractivity contribution in [2.45, 2.75) is 44.2 Å². The first-order valence-corrected chi connectivity index (χ1v) is 5.91. The van der Waals surface area contributed by atoms with Gasteiger partial charge in [-0.1, -0.05) is 12.8 Å². The van der Waals surface area contributed by atoms with Crippen molar-refractivity contribution in [2.24, 2.45) is 5.73 Å². The second-order valence-corrected chi connectivity index (χ2v) is 4.38. The Hall–Kier alpha value is -1.14. The summed E-state index contributed by atoms with van der Waals surface area (Å²) >= 11 is 0. The summed E-state index contributed by atoms with van der Waals surface area (Å²) in [5.74, 6) is -1.35. The van der Waals surface area contributed by atoms with Gasteiger partial charge in [0.15, 0.2) is 6.04 Å². The van der Waals surface area contributed by atoms with Crippen LogP contribution in [0.15, 0.2) is 0 Å².